The minimum absolute atomic E-state index is 0. The Labute approximate surface area is 197 Å². The van der Waals surface area contributed by atoms with Crippen LogP contribution in [0.2, 0.25) is 0 Å². The van der Waals surface area contributed by atoms with Crippen LogP contribution in [0.4, 0.5) is 14.5 Å². The molecule has 0 bridgehead atoms. The SMILES string of the molecule is CCNC(=NCc1cccc(N(C)C)c1)NCc1cc2c(cc1OC(F)F)OCO2.I. The highest BCUT2D eigenvalue weighted by molar-refractivity contribution is 14.0. The monoisotopic (exact) mass is 548 g/mol. The second-order valence-electron chi connectivity index (χ2n) is 6.80. The first kappa shape index (κ1) is 24.8. The van der Waals surface area contributed by atoms with Crippen molar-refractivity contribution in [1.29, 1.82) is 0 Å². The number of fused-ring (bicyclic) bond motifs is 1. The Kier molecular flexibility index (Phi) is 9.41. The number of benzene rings is 2. The zero-order valence-electron chi connectivity index (χ0n) is 17.7. The molecule has 0 aliphatic carbocycles. The first-order chi connectivity index (χ1) is 14.5. The molecule has 7 nitrogen and oxygen atoms in total. The molecule has 0 atom stereocenters. The number of rotatable bonds is 8. The number of halogens is 3. The van der Waals surface area contributed by atoms with Gasteiger partial charge in [0.05, 0.1) is 6.54 Å². The maximum atomic E-state index is 12.8. The fourth-order valence-electron chi connectivity index (χ4n) is 2.93. The highest BCUT2D eigenvalue weighted by Gasteiger charge is 2.20. The van der Waals surface area contributed by atoms with Crippen molar-refractivity contribution >= 4 is 35.6 Å². The Morgan fingerprint density at radius 1 is 1.16 bits per heavy atom. The van der Waals surface area contributed by atoms with E-state index in [1.54, 1.807) is 6.07 Å². The molecular weight excluding hydrogens is 521 g/mol. The molecule has 0 spiro atoms. The Morgan fingerprint density at radius 3 is 2.58 bits per heavy atom. The molecule has 0 aromatic heterocycles. The van der Waals surface area contributed by atoms with Crippen molar-refractivity contribution < 1.29 is 23.0 Å². The molecule has 0 fully saturated rings. The molecule has 3 rings (SSSR count). The Bertz CT molecular complexity index is 897. The number of guanidine groups is 1. The van der Waals surface area contributed by atoms with Crippen molar-refractivity contribution in [3.8, 4) is 17.2 Å². The van der Waals surface area contributed by atoms with Gasteiger partial charge in [-0.3, -0.25) is 0 Å². The molecule has 1 aliphatic heterocycles. The molecule has 2 aromatic rings. The summed E-state index contributed by atoms with van der Waals surface area (Å²) in [6, 6.07) is 11.1. The number of ether oxygens (including phenoxy) is 3. The topological polar surface area (TPSA) is 67.4 Å². The second-order valence-corrected chi connectivity index (χ2v) is 6.80. The molecule has 1 heterocycles. The standard InChI is InChI=1S/C21H26F2N4O3.HI/c1-4-24-21(25-11-14-6-5-7-16(8-14)27(2)3)26-12-15-9-18-19(29-13-28-18)10-17(15)30-20(22)23;/h5-10,20H,4,11-13H2,1-3H3,(H2,24,25,26);1H. The maximum Gasteiger partial charge on any atom is 0.387 e. The van der Waals surface area contributed by atoms with Gasteiger partial charge in [-0.15, -0.1) is 24.0 Å². The minimum Gasteiger partial charge on any atom is -0.454 e. The molecule has 10 heteroatoms. The summed E-state index contributed by atoms with van der Waals surface area (Å²) < 4.78 is 40.9. The van der Waals surface area contributed by atoms with Gasteiger partial charge in [0.1, 0.15) is 5.75 Å². The van der Waals surface area contributed by atoms with Gasteiger partial charge >= 0.3 is 6.61 Å². The van der Waals surface area contributed by atoms with Crippen molar-refractivity contribution in [2.45, 2.75) is 26.6 Å². The van der Waals surface area contributed by atoms with Crippen molar-refractivity contribution in [3.63, 3.8) is 0 Å². The van der Waals surface area contributed by atoms with Crippen LogP contribution in [0.25, 0.3) is 0 Å². The maximum absolute atomic E-state index is 12.8. The Morgan fingerprint density at radius 2 is 1.90 bits per heavy atom. The lowest BCUT2D eigenvalue weighted by Crippen LogP contribution is -2.36. The van der Waals surface area contributed by atoms with Crippen molar-refractivity contribution in [1.82, 2.24) is 10.6 Å². The highest BCUT2D eigenvalue weighted by Crippen LogP contribution is 2.38. The zero-order valence-corrected chi connectivity index (χ0v) is 20.0. The van der Waals surface area contributed by atoms with Gasteiger partial charge in [0.15, 0.2) is 17.5 Å². The molecule has 0 radical (unpaired) electrons. The van der Waals surface area contributed by atoms with E-state index in [1.807, 2.05) is 44.1 Å². The highest BCUT2D eigenvalue weighted by atomic mass is 127. The van der Waals surface area contributed by atoms with Crippen LogP contribution in [0.1, 0.15) is 18.1 Å². The van der Waals surface area contributed by atoms with Crippen LogP contribution in [0.3, 0.4) is 0 Å². The van der Waals surface area contributed by atoms with Gasteiger partial charge in [-0.05, 0) is 30.7 Å². The molecule has 0 unspecified atom stereocenters. The molecule has 2 aromatic carbocycles. The lowest BCUT2D eigenvalue weighted by molar-refractivity contribution is -0.0505. The normalized spacial score (nSPS) is 12.4. The molecule has 31 heavy (non-hydrogen) atoms. The number of nitrogens with zero attached hydrogens (tertiary/aromatic N) is 2. The van der Waals surface area contributed by atoms with Gasteiger partial charge in [-0.1, -0.05) is 12.1 Å². The minimum atomic E-state index is -2.94. The van der Waals surface area contributed by atoms with Gasteiger partial charge in [0.25, 0.3) is 0 Å². The summed E-state index contributed by atoms with van der Waals surface area (Å²) in [6.07, 6.45) is 0. The quantitative estimate of drug-likeness (QED) is 0.296. The first-order valence-electron chi connectivity index (χ1n) is 9.62. The zero-order chi connectivity index (χ0) is 21.5. The van der Waals surface area contributed by atoms with Gasteiger partial charge in [-0.2, -0.15) is 8.78 Å². The van der Waals surface area contributed by atoms with E-state index in [0.717, 1.165) is 11.3 Å². The van der Waals surface area contributed by atoms with Crippen LogP contribution in [-0.4, -0.2) is 40.0 Å². The molecular formula is C21H27F2IN4O3. The third kappa shape index (κ3) is 7.01. The third-order valence-electron chi connectivity index (χ3n) is 4.41. The number of hydrogen-bond acceptors (Lipinski definition) is 5. The largest absolute Gasteiger partial charge is 0.454 e. The molecule has 0 amide bonds. The lowest BCUT2D eigenvalue weighted by atomic mass is 10.1. The smallest absolute Gasteiger partial charge is 0.387 e. The first-order valence-corrected chi connectivity index (χ1v) is 9.62. The molecule has 1 aliphatic rings. The number of hydrogen-bond donors (Lipinski definition) is 2. The molecule has 2 N–H and O–H groups in total. The van der Waals surface area contributed by atoms with E-state index >= 15 is 0 Å². The number of aliphatic imine (C=N–C) groups is 1. The van der Waals surface area contributed by atoms with E-state index in [1.165, 1.54) is 6.07 Å². The van der Waals surface area contributed by atoms with Crippen LogP contribution in [-0.2, 0) is 13.1 Å². The van der Waals surface area contributed by atoms with E-state index in [0.29, 0.717) is 36.1 Å². The van der Waals surface area contributed by atoms with Crippen LogP contribution < -0.4 is 29.7 Å². The van der Waals surface area contributed by atoms with E-state index in [2.05, 4.69) is 26.4 Å². The second kappa shape index (κ2) is 11.8. The number of anilines is 1. The average Bonchev–Trinajstić information content (AvgIpc) is 3.17. The van der Waals surface area contributed by atoms with Gasteiger partial charge in [0, 0.05) is 44.5 Å². The fraction of sp³-hybridized carbons (Fsp3) is 0.381. The van der Waals surface area contributed by atoms with Crippen molar-refractivity contribution in [2.24, 2.45) is 4.99 Å². The van der Waals surface area contributed by atoms with Crippen LogP contribution >= 0.6 is 24.0 Å². The van der Waals surface area contributed by atoms with E-state index in [4.69, 9.17) is 9.47 Å². The Hall–Kier alpha value is -2.50. The number of alkyl halides is 2. The number of nitrogens with one attached hydrogen (secondary N) is 2. The molecule has 170 valence electrons. The summed E-state index contributed by atoms with van der Waals surface area (Å²) in [5, 5.41) is 6.31. The van der Waals surface area contributed by atoms with Gasteiger partial charge < -0.3 is 29.7 Å². The third-order valence-corrected chi connectivity index (χ3v) is 4.41. The molecule has 0 saturated heterocycles. The predicted molar refractivity (Wildman–Crippen MR) is 127 cm³/mol. The van der Waals surface area contributed by atoms with Crippen LogP contribution in [0.5, 0.6) is 17.2 Å². The predicted octanol–water partition coefficient (Wildman–Crippen LogP) is 3.96. The summed E-state index contributed by atoms with van der Waals surface area (Å²) in [5.41, 5.74) is 2.66. The van der Waals surface area contributed by atoms with E-state index < -0.39 is 6.61 Å². The summed E-state index contributed by atoms with van der Waals surface area (Å²) in [4.78, 5) is 6.62. The summed E-state index contributed by atoms with van der Waals surface area (Å²) in [6.45, 7) is 0.424. The average molecular weight is 548 g/mol. The van der Waals surface area contributed by atoms with E-state index in [9.17, 15) is 8.78 Å². The Balaban J connectivity index is 0.00000341. The summed E-state index contributed by atoms with van der Waals surface area (Å²) in [5.74, 6) is 1.48. The van der Waals surface area contributed by atoms with Crippen molar-refractivity contribution in [3.05, 3.63) is 47.5 Å². The fourth-order valence-corrected chi connectivity index (χ4v) is 2.93. The van der Waals surface area contributed by atoms with Gasteiger partial charge in [0.2, 0.25) is 6.79 Å². The summed E-state index contributed by atoms with van der Waals surface area (Å²) in [7, 11) is 3.97. The van der Waals surface area contributed by atoms with Crippen LogP contribution in [0.15, 0.2) is 41.4 Å². The van der Waals surface area contributed by atoms with E-state index in [-0.39, 0.29) is 43.1 Å². The molecule has 0 saturated carbocycles. The van der Waals surface area contributed by atoms with Gasteiger partial charge in [-0.25, -0.2) is 4.99 Å². The lowest BCUT2D eigenvalue weighted by Gasteiger charge is -2.15. The summed E-state index contributed by atoms with van der Waals surface area (Å²) >= 11 is 0. The van der Waals surface area contributed by atoms with Crippen LogP contribution in [0, 0.1) is 0 Å². The van der Waals surface area contributed by atoms with Crippen molar-refractivity contribution in [2.75, 3.05) is 32.3 Å².